The molecule has 0 saturated carbocycles. The smallest absolute Gasteiger partial charge is 0.300 e. The molecule has 0 aromatic heterocycles. The summed E-state index contributed by atoms with van der Waals surface area (Å²) in [5, 5.41) is 15.8. The third-order valence-corrected chi connectivity index (χ3v) is 1.18. The van der Waals surface area contributed by atoms with Crippen molar-refractivity contribution in [2.24, 2.45) is 0 Å². The van der Waals surface area contributed by atoms with Gasteiger partial charge in [0.2, 0.25) is 0 Å². The number of hydrogen-bond donors (Lipinski definition) is 2. The normalized spacial score (nSPS) is 9.44. The van der Waals surface area contributed by atoms with E-state index in [-0.39, 0.29) is 6.61 Å². The summed E-state index contributed by atoms with van der Waals surface area (Å²) >= 11 is 0. The zero-order valence-electron chi connectivity index (χ0n) is 9.98. The number of hydrogen-bond acceptors (Lipinski definition) is 5. The van der Waals surface area contributed by atoms with Gasteiger partial charge in [0.15, 0.2) is 0 Å². The Balaban J connectivity index is 0. The maximum absolute atomic E-state index is 9.00. The fourth-order valence-electron chi connectivity index (χ4n) is 0.649. The van der Waals surface area contributed by atoms with Gasteiger partial charge in [-0.2, -0.15) is 0 Å². The van der Waals surface area contributed by atoms with Crippen LogP contribution in [0.4, 0.5) is 0 Å². The summed E-state index contributed by atoms with van der Waals surface area (Å²) in [6, 6.07) is 0. The van der Waals surface area contributed by atoms with Crippen LogP contribution >= 0.6 is 0 Å². The summed E-state index contributed by atoms with van der Waals surface area (Å²) in [6.07, 6.45) is 0. The summed E-state index contributed by atoms with van der Waals surface area (Å²) in [5.74, 6) is -0.833. The molecule has 2 N–H and O–H groups in total. The Morgan fingerprint density at radius 1 is 1.00 bits per heavy atom. The Hall–Kier alpha value is -0.690. The molecule has 0 aromatic carbocycles. The van der Waals surface area contributed by atoms with Gasteiger partial charge in [-0.05, 0) is 6.92 Å². The van der Waals surface area contributed by atoms with Gasteiger partial charge in [0.1, 0.15) is 0 Å². The molecule has 0 heterocycles. The zero-order chi connectivity index (χ0) is 12.6. The standard InChI is InChI=1S/C8H18O4.C2H4O2/c1-2-10-5-6-12-8-7-11-4-3-9;1-2(3)4/h9H,2-8H2,1H3;1H3,(H,3,4). The minimum Gasteiger partial charge on any atom is -0.481 e. The monoisotopic (exact) mass is 238 g/mol. The Labute approximate surface area is 96.1 Å². The second-order valence-electron chi connectivity index (χ2n) is 2.66. The molecule has 0 amide bonds. The average molecular weight is 238 g/mol. The number of rotatable bonds is 9. The second-order valence-corrected chi connectivity index (χ2v) is 2.66. The number of carbonyl (C=O) groups is 1. The third kappa shape index (κ3) is 29.2. The van der Waals surface area contributed by atoms with E-state index in [9.17, 15) is 0 Å². The van der Waals surface area contributed by atoms with Crippen LogP contribution in [0.3, 0.4) is 0 Å². The molecular weight excluding hydrogens is 216 g/mol. The van der Waals surface area contributed by atoms with Crippen LogP contribution in [-0.2, 0) is 19.0 Å². The van der Waals surface area contributed by atoms with E-state index >= 15 is 0 Å². The van der Waals surface area contributed by atoms with Crippen molar-refractivity contribution in [3.05, 3.63) is 0 Å². The lowest BCUT2D eigenvalue weighted by atomic mass is 10.7. The highest BCUT2D eigenvalue weighted by atomic mass is 16.5. The molecule has 0 aromatic rings. The molecule has 6 heteroatoms. The highest BCUT2D eigenvalue weighted by Crippen LogP contribution is 1.79. The van der Waals surface area contributed by atoms with Crippen molar-refractivity contribution >= 4 is 5.97 Å². The highest BCUT2D eigenvalue weighted by molar-refractivity contribution is 5.62. The van der Waals surface area contributed by atoms with Crippen LogP contribution in [0, 0.1) is 0 Å². The van der Waals surface area contributed by atoms with Gasteiger partial charge in [-0.1, -0.05) is 0 Å². The fourth-order valence-corrected chi connectivity index (χ4v) is 0.649. The lowest BCUT2D eigenvalue weighted by Gasteiger charge is -2.04. The van der Waals surface area contributed by atoms with Crippen molar-refractivity contribution in [3.8, 4) is 0 Å². The maximum atomic E-state index is 9.00. The minimum atomic E-state index is -0.833. The van der Waals surface area contributed by atoms with Gasteiger partial charge in [-0.15, -0.1) is 0 Å². The third-order valence-electron chi connectivity index (χ3n) is 1.18. The Morgan fingerprint density at radius 3 is 1.75 bits per heavy atom. The van der Waals surface area contributed by atoms with Gasteiger partial charge in [0, 0.05) is 13.5 Å². The van der Waals surface area contributed by atoms with Gasteiger partial charge in [-0.3, -0.25) is 4.79 Å². The van der Waals surface area contributed by atoms with Crippen molar-refractivity contribution < 1.29 is 29.2 Å². The Kier molecular flexibility index (Phi) is 18.5. The number of carboxylic acid groups (broad SMARTS) is 1. The van der Waals surface area contributed by atoms with Crippen molar-refractivity contribution in [2.45, 2.75) is 13.8 Å². The van der Waals surface area contributed by atoms with Crippen molar-refractivity contribution in [1.82, 2.24) is 0 Å². The van der Waals surface area contributed by atoms with Crippen LogP contribution in [-0.4, -0.2) is 62.4 Å². The van der Waals surface area contributed by atoms with Crippen LogP contribution < -0.4 is 0 Å². The summed E-state index contributed by atoms with van der Waals surface area (Å²) in [7, 11) is 0. The van der Waals surface area contributed by atoms with Crippen LogP contribution in [0.1, 0.15) is 13.8 Å². The quantitative estimate of drug-likeness (QED) is 0.556. The Morgan fingerprint density at radius 2 is 1.38 bits per heavy atom. The molecule has 0 atom stereocenters. The molecule has 16 heavy (non-hydrogen) atoms. The largest absolute Gasteiger partial charge is 0.481 e. The summed E-state index contributed by atoms with van der Waals surface area (Å²) in [6.45, 7) is 6.55. The first-order chi connectivity index (χ1) is 7.65. The van der Waals surface area contributed by atoms with Gasteiger partial charge in [-0.25, -0.2) is 0 Å². The van der Waals surface area contributed by atoms with E-state index < -0.39 is 5.97 Å². The predicted molar refractivity (Wildman–Crippen MR) is 58.5 cm³/mol. The van der Waals surface area contributed by atoms with E-state index in [1.54, 1.807) is 0 Å². The number of aliphatic carboxylic acids is 1. The van der Waals surface area contributed by atoms with E-state index in [1.807, 2.05) is 6.92 Å². The lowest BCUT2D eigenvalue weighted by Crippen LogP contribution is -2.10. The van der Waals surface area contributed by atoms with Gasteiger partial charge in [0.05, 0.1) is 39.6 Å². The van der Waals surface area contributed by atoms with E-state index in [2.05, 4.69) is 0 Å². The lowest BCUT2D eigenvalue weighted by molar-refractivity contribution is -0.134. The first-order valence-corrected chi connectivity index (χ1v) is 5.18. The number of ether oxygens (including phenoxy) is 3. The number of carboxylic acids is 1. The molecule has 0 unspecified atom stereocenters. The van der Waals surface area contributed by atoms with Crippen LogP contribution in [0.15, 0.2) is 0 Å². The van der Waals surface area contributed by atoms with Gasteiger partial charge < -0.3 is 24.4 Å². The first-order valence-electron chi connectivity index (χ1n) is 5.18. The van der Waals surface area contributed by atoms with E-state index in [0.29, 0.717) is 33.0 Å². The maximum Gasteiger partial charge on any atom is 0.300 e. The van der Waals surface area contributed by atoms with E-state index in [0.717, 1.165) is 13.5 Å². The first kappa shape index (κ1) is 17.7. The number of aliphatic hydroxyl groups excluding tert-OH is 1. The zero-order valence-corrected chi connectivity index (χ0v) is 9.98. The van der Waals surface area contributed by atoms with Gasteiger partial charge in [0.25, 0.3) is 5.97 Å². The molecule has 0 aliphatic rings. The molecule has 0 rings (SSSR count). The summed E-state index contributed by atoms with van der Waals surface area (Å²) in [5.41, 5.74) is 0. The second kappa shape index (κ2) is 16.7. The molecule has 0 aliphatic carbocycles. The van der Waals surface area contributed by atoms with Crippen molar-refractivity contribution in [2.75, 3.05) is 46.2 Å². The SMILES string of the molecule is CC(=O)O.CCOCCOCCOCCO. The molecule has 0 spiro atoms. The fraction of sp³-hybridized carbons (Fsp3) is 0.900. The molecule has 0 bridgehead atoms. The van der Waals surface area contributed by atoms with Crippen LogP contribution in [0.5, 0.6) is 0 Å². The predicted octanol–water partition coefficient (Wildman–Crippen LogP) is 0.139. The molecule has 98 valence electrons. The van der Waals surface area contributed by atoms with Gasteiger partial charge >= 0.3 is 0 Å². The number of aliphatic hydroxyl groups is 1. The summed E-state index contributed by atoms with van der Waals surface area (Å²) < 4.78 is 15.2. The summed E-state index contributed by atoms with van der Waals surface area (Å²) in [4.78, 5) is 9.00. The Bertz CT molecular complexity index is 125. The molecule has 0 aliphatic heterocycles. The molecular formula is C10H22O6. The highest BCUT2D eigenvalue weighted by Gasteiger charge is 1.88. The minimum absolute atomic E-state index is 0.0684. The molecule has 6 nitrogen and oxygen atoms in total. The topological polar surface area (TPSA) is 85.2 Å². The van der Waals surface area contributed by atoms with Crippen molar-refractivity contribution in [3.63, 3.8) is 0 Å². The van der Waals surface area contributed by atoms with Crippen LogP contribution in [0.2, 0.25) is 0 Å². The van der Waals surface area contributed by atoms with E-state index in [1.165, 1.54) is 0 Å². The van der Waals surface area contributed by atoms with Crippen molar-refractivity contribution in [1.29, 1.82) is 0 Å². The van der Waals surface area contributed by atoms with Crippen LogP contribution in [0.25, 0.3) is 0 Å². The van der Waals surface area contributed by atoms with E-state index in [4.69, 9.17) is 29.2 Å². The molecule has 0 fully saturated rings. The average Bonchev–Trinajstić information content (AvgIpc) is 2.21. The molecule has 0 saturated heterocycles. The molecule has 0 radical (unpaired) electrons.